The first-order valence-corrected chi connectivity index (χ1v) is 12.5. The van der Waals surface area contributed by atoms with Crippen molar-refractivity contribution in [2.24, 2.45) is 5.10 Å². The average molecular weight is 538 g/mol. The zero-order chi connectivity index (χ0) is 28.3. The van der Waals surface area contributed by atoms with Gasteiger partial charge in [0, 0.05) is 12.2 Å². The van der Waals surface area contributed by atoms with E-state index in [-0.39, 0.29) is 31.0 Å². The van der Waals surface area contributed by atoms with Crippen molar-refractivity contribution >= 4 is 17.5 Å². The number of nitrogens with one attached hydrogen (secondary N) is 3. The number of hydrogen-bond acceptors (Lipinski definition) is 6. The molecule has 0 saturated heterocycles. The van der Waals surface area contributed by atoms with E-state index in [2.05, 4.69) is 33.0 Å². The highest BCUT2D eigenvalue weighted by molar-refractivity contribution is 6.46. The number of nitrogens with zero attached hydrogens (tertiary/aromatic N) is 2. The van der Waals surface area contributed by atoms with Crippen LogP contribution in [0.2, 0.25) is 0 Å². The number of ether oxygens (including phenoxy) is 1. The first-order valence-electron chi connectivity index (χ1n) is 12.5. The Morgan fingerprint density at radius 2 is 1.97 bits per heavy atom. The van der Waals surface area contributed by atoms with Crippen LogP contribution in [0.3, 0.4) is 0 Å². The lowest BCUT2D eigenvalue weighted by atomic mass is 10.1. The molecular weight excluding hydrogens is 499 g/mol. The smallest absolute Gasteiger partial charge is 0.278 e. The standard InChI is InChI=1S/C22H29F2N5O3.C5H9F/c1-4-29(3)12-7-13-32-14-15(2)26-22(31)20-18(10-11-25-28-20)27-21(30)19-16(23)8-5-6-9-17(19)24;1-2-3-4-5-6/h5,8-10,14,25H,4,6-7,11-13H2,1-3H3,(H,26,31)(H,27,30);3-4H,2,5H2,1H3/b15-14-;4-3-. The molecule has 0 atom stereocenters. The van der Waals surface area contributed by atoms with E-state index in [1.807, 2.05) is 14.0 Å². The molecule has 2 amide bonds. The van der Waals surface area contributed by atoms with E-state index < -0.39 is 29.0 Å². The molecule has 210 valence electrons. The Bertz CT molecular complexity index is 1010. The topological polar surface area (TPSA) is 95.1 Å². The van der Waals surface area contributed by atoms with E-state index in [1.165, 1.54) is 24.5 Å². The van der Waals surface area contributed by atoms with Gasteiger partial charge in [-0.05, 0) is 58.0 Å². The van der Waals surface area contributed by atoms with Crippen LogP contribution in [0, 0.1) is 0 Å². The van der Waals surface area contributed by atoms with Crippen molar-refractivity contribution in [3.63, 3.8) is 0 Å². The Hall–Kier alpha value is -3.60. The van der Waals surface area contributed by atoms with Gasteiger partial charge in [-0.15, -0.1) is 0 Å². The molecule has 1 heterocycles. The minimum absolute atomic E-state index is 0.0453. The number of hydrazone groups is 1. The summed E-state index contributed by atoms with van der Waals surface area (Å²) in [5, 5.41) is 8.91. The third-order valence-corrected chi connectivity index (χ3v) is 5.11. The maximum Gasteiger partial charge on any atom is 0.278 e. The number of rotatable bonds is 12. The van der Waals surface area contributed by atoms with Crippen molar-refractivity contribution < 1.29 is 27.5 Å². The molecule has 2 aliphatic rings. The van der Waals surface area contributed by atoms with E-state index in [0.29, 0.717) is 12.3 Å². The molecule has 0 radical (unpaired) electrons. The molecule has 0 aromatic carbocycles. The van der Waals surface area contributed by atoms with Crippen LogP contribution in [0.1, 0.15) is 40.0 Å². The Labute approximate surface area is 222 Å². The van der Waals surface area contributed by atoms with E-state index in [4.69, 9.17) is 4.74 Å². The largest absolute Gasteiger partial charge is 0.499 e. The molecule has 11 heteroatoms. The Morgan fingerprint density at radius 3 is 2.63 bits per heavy atom. The van der Waals surface area contributed by atoms with Crippen molar-refractivity contribution in [2.45, 2.75) is 40.0 Å². The van der Waals surface area contributed by atoms with Crippen molar-refractivity contribution in [1.82, 2.24) is 21.0 Å². The highest BCUT2D eigenvalue weighted by atomic mass is 19.1. The zero-order valence-corrected chi connectivity index (χ0v) is 22.5. The van der Waals surface area contributed by atoms with Gasteiger partial charge in [-0.2, -0.15) is 5.10 Å². The molecule has 2 rings (SSSR count). The first kappa shape index (κ1) is 32.4. The molecule has 38 heavy (non-hydrogen) atoms. The second-order valence-electron chi connectivity index (χ2n) is 8.22. The van der Waals surface area contributed by atoms with Crippen molar-refractivity contribution in [1.29, 1.82) is 0 Å². The molecule has 0 fully saturated rings. The van der Waals surface area contributed by atoms with E-state index >= 15 is 0 Å². The number of allylic oxidation sites excluding steroid dienone is 7. The van der Waals surface area contributed by atoms with Gasteiger partial charge >= 0.3 is 0 Å². The molecule has 8 nitrogen and oxygen atoms in total. The lowest BCUT2D eigenvalue weighted by Crippen LogP contribution is -2.41. The number of alkyl halides is 1. The van der Waals surface area contributed by atoms with Gasteiger partial charge < -0.3 is 25.7 Å². The lowest BCUT2D eigenvalue weighted by molar-refractivity contribution is -0.116. The summed E-state index contributed by atoms with van der Waals surface area (Å²) in [6, 6.07) is 0. The number of carbonyl (C=O) groups excluding carboxylic acids is 2. The van der Waals surface area contributed by atoms with Gasteiger partial charge in [0.25, 0.3) is 11.8 Å². The molecule has 0 bridgehead atoms. The summed E-state index contributed by atoms with van der Waals surface area (Å²) in [5.74, 6) is -3.59. The van der Waals surface area contributed by atoms with Gasteiger partial charge in [-0.3, -0.25) is 9.59 Å². The summed E-state index contributed by atoms with van der Waals surface area (Å²) >= 11 is 0. The maximum atomic E-state index is 14.1. The van der Waals surface area contributed by atoms with Crippen LogP contribution in [0.25, 0.3) is 0 Å². The van der Waals surface area contributed by atoms with Crippen molar-refractivity contribution in [2.75, 3.05) is 40.0 Å². The van der Waals surface area contributed by atoms with Gasteiger partial charge in [0.05, 0.1) is 18.8 Å². The first-order chi connectivity index (χ1) is 18.2. The molecule has 0 unspecified atom stereocenters. The van der Waals surface area contributed by atoms with Crippen LogP contribution >= 0.6 is 0 Å². The predicted octanol–water partition coefficient (Wildman–Crippen LogP) is 4.24. The summed E-state index contributed by atoms with van der Waals surface area (Å²) in [7, 11) is 2.02. The molecule has 0 aromatic heterocycles. The fourth-order valence-electron chi connectivity index (χ4n) is 3.01. The van der Waals surface area contributed by atoms with Gasteiger partial charge in [-0.1, -0.05) is 32.1 Å². The molecule has 3 N–H and O–H groups in total. The zero-order valence-electron chi connectivity index (χ0n) is 22.5. The van der Waals surface area contributed by atoms with Gasteiger partial charge in [0.15, 0.2) is 5.71 Å². The fraction of sp³-hybridized carbons (Fsp3) is 0.444. The monoisotopic (exact) mass is 537 g/mol. The summed E-state index contributed by atoms with van der Waals surface area (Å²) in [5.41, 5.74) is 2.27. The highest BCUT2D eigenvalue weighted by Gasteiger charge is 2.26. The number of amides is 2. The maximum absolute atomic E-state index is 14.1. The minimum Gasteiger partial charge on any atom is -0.499 e. The van der Waals surface area contributed by atoms with Crippen LogP contribution < -0.4 is 16.1 Å². The second kappa shape index (κ2) is 18.6. The Balaban J connectivity index is 0.00000107. The SMILES string of the molecule is CC/C=C\CF.CCN(C)CCCO/C=C(/C)NC(=O)C1=NNCC=C1NC(=O)C1=C(F)C=CCC=C1F. The summed E-state index contributed by atoms with van der Waals surface area (Å²) in [6.07, 6.45) is 11.7. The number of halogens is 3. The average Bonchev–Trinajstić information content (AvgIpc) is 3.07. The molecule has 1 aliphatic heterocycles. The molecule has 0 spiro atoms. The predicted molar refractivity (Wildman–Crippen MR) is 144 cm³/mol. The van der Waals surface area contributed by atoms with Gasteiger partial charge in [0.1, 0.15) is 30.2 Å². The minimum atomic E-state index is -1.01. The summed E-state index contributed by atoms with van der Waals surface area (Å²) in [4.78, 5) is 27.3. The Kier molecular flexibility index (Phi) is 15.9. The number of carbonyl (C=O) groups is 2. The number of hydrogen-bond donors (Lipinski definition) is 3. The van der Waals surface area contributed by atoms with Crippen LogP contribution in [0.15, 0.2) is 76.4 Å². The van der Waals surface area contributed by atoms with E-state index in [0.717, 1.165) is 38.1 Å². The van der Waals surface area contributed by atoms with Crippen LogP contribution in [-0.2, 0) is 14.3 Å². The normalized spacial score (nSPS) is 15.6. The highest BCUT2D eigenvalue weighted by Crippen LogP contribution is 2.23. The summed E-state index contributed by atoms with van der Waals surface area (Å²) in [6.45, 7) is 7.95. The molecular formula is C27H38F3N5O3. The van der Waals surface area contributed by atoms with Gasteiger partial charge in [-0.25, -0.2) is 13.2 Å². The third kappa shape index (κ3) is 12.1. The van der Waals surface area contributed by atoms with Crippen LogP contribution in [-0.4, -0.2) is 62.4 Å². The Morgan fingerprint density at radius 1 is 1.21 bits per heavy atom. The van der Waals surface area contributed by atoms with Crippen LogP contribution in [0.4, 0.5) is 13.2 Å². The van der Waals surface area contributed by atoms with Gasteiger partial charge in [0.2, 0.25) is 0 Å². The van der Waals surface area contributed by atoms with E-state index in [9.17, 15) is 22.8 Å². The van der Waals surface area contributed by atoms with E-state index in [1.54, 1.807) is 13.0 Å². The molecule has 0 saturated carbocycles. The second-order valence-corrected chi connectivity index (χ2v) is 8.22. The molecule has 0 aromatic rings. The van der Waals surface area contributed by atoms with Crippen molar-refractivity contribution in [3.8, 4) is 0 Å². The third-order valence-electron chi connectivity index (χ3n) is 5.11. The quantitative estimate of drug-likeness (QED) is 0.197. The fourth-order valence-corrected chi connectivity index (χ4v) is 3.01. The molecule has 1 aliphatic carbocycles. The lowest BCUT2D eigenvalue weighted by Gasteiger charge is -2.17. The summed E-state index contributed by atoms with van der Waals surface area (Å²) < 4.78 is 44.8. The van der Waals surface area contributed by atoms with Crippen molar-refractivity contribution in [3.05, 3.63) is 71.3 Å². The van der Waals surface area contributed by atoms with Crippen LogP contribution in [0.5, 0.6) is 0 Å².